The van der Waals surface area contributed by atoms with E-state index in [0.29, 0.717) is 0 Å². The van der Waals surface area contributed by atoms with Crippen LogP contribution in [0.5, 0.6) is 0 Å². The van der Waals surface area contributed by atoms with Crippen molar-refractivity contribution in [1.29, 1.82) is 0 Å². The molecule has 0 amide bonds. The van der Waals surface area contributed by atoms with Gasteiger partial charge < -0.3 is 15.5 Å². The summed E-state index contributed by atoms with van der Waals surface area (Å²) < 4.78 is 0. The summed E-state index contributed by atoms with van der Waals surface area (Å²) in [5, 5.41) is 6.41. The average Bonchev–Trinajstić information content (AvgIpc) is 2.49. The molecule has 0 aliphatic heterocycles. The highest BCUT2D eigenvalue weighted by Crippen LogP contribution is 2.10. The van der Waals surface area contributed by atoms with Crippen molar-refractivity contribution < 1.29 is 0 Å². The molecule has 0 unspecified atom stereocenters. The molecule has 0 aliphatic rings. The fourth-order valence-corrected chi connectivity index (χ4v) is 1.82. The fraction of sp³-hybridized carbons (Fsp3) is 0.438. The van der Waals surface area contributed by atoms with Crippen LogP contribution in [-0.2, 0) is 0 Å². The number of guanidine groups is 1. The van der Waals surface area contributed by atoms with Gasteiger partial charge >= 0.3 is 0 Å². The maximum absolute atomic E-state index is 4.54. The molecule has 1 rings (SSSR count). The Hall–Kier alpha value is -1.24. The van der Waals surface area contributed by atoms with Gasteiger partial charge in [0, 0.05) is 38.9 Å². The predicted octanol–water partition coefficient (Wildman–Crippen LogP) is 2.87. The molecule has 0 saturated carbocycles. The van der Waals surface area contributed by atoms with Gasteiger partial charge in [0.25, 0.3) is 0 Å². The van der Waals surface area contributed by atoms with Crippen molar-refractivity contribution in [3.63, 3.8) is 0 Å². The third-order valence-corrected chi connectivity index (χ3v) is 2.88. The van der Waals surface area contributed by atoms with E-state index in [4.69, 9.17) is 0 Å². The Bertz CT molecular complexity index is 406. The predicted molar refractivity (Wildman–Crippen MR) is 104 cm³/mol. The molecular weight excluding hydrogens is 375 g/mol. The highest BCUT2D eigenvalue weighted by molar-refractivity contribution is 14.0. The van der Waals surface area contributed by atoms with Gasteiger partial charge in [-0.2, -0.15) is 0 Å². The zero-order valence-corrected chi connectivity index (χ0v) is 15.3. The summed E-state index contributed by atoms with van der Waals surface area (Å²) in [6, 6.07) is 10.4. The van der Waals surface area contributed by atoms with Crippen LogP contribution in [0.2, 0.25) is 0 Å². The monoisotopic (exact) mass is 402 g/mol. The number of hydrogen-bond acceptors (Lipinski definition) is 2. The van der Waals surface area contributed by atoms with Crippen LogP contribution in [0.4, 0.5) is 5.69 Å². The van der Waals surface area contributed by atoms with Crippen LogP contribution >= 0.6 is 24.0 Å². The largest absolute Gasteiger partial charge is 0.375 e. The lowest BCUT2D eigenvalue weighted by atomic mass is 10.3. The lowest BCUT2D eigenvalue weighted by Crippen LogP contribution is -2.37. The molecule has 0 atom stereocenters. The number of nitrogens with one attached hydrogen (secondary N) is 2. The smallest absolute Gasteiger partial charge is 0.191 e. The fourth-order valence-electron chi connectivity index (χ4n) is 1.82. The Balaban J connectivity index is 0.00000400. The lowest BCUT2D eigenvalue weighted by molar-refractivity contribution is 0.779. The normalized spacial score (nSPS) is 10.5. The Morgan fingerprint density at radius 2 is 2.00 bits per heavy atom. The van der Waals surface area contributed by atoms with E-state index in [1.807, 2.05) is 12.1 Å². The summed E-state index contributed by atoms with van der Waals surface area (Å²) in [5.41, 5.74) is 1.24. The van der Waals surface area contributed by atoms with E-state index >= 15 is 0 Å². The minimum atomic E-state index is 0. The lowest BCUT2D eigenvalue weighted by Gasteiger charge is -2.18. The van der Waals surface area contributed by atoms with Gasteiger partial charge in [-0.05, 0) is 25.5 Å². The summed E-state index contributed by atoms with van der Waals surface area (Å²) in [4.78, 5) is 6.79. The molecule has 1 aromatic carbocycles. The van der Waals surface area contributed by atoms with Crippen molar-refractivity contribution in [1.82, 2.24) is 10.6 Å². The van der Waals surface area contributed by atoms with Crippen LogP contribution < -0.4 is 15.5 Å². The van der Waals surface area contributed by atoms with Crippen molar-refractivity contribution in [2.45, 2.75) is 13.3 Å². The van der Waals surface area contributed by atoms with Crippen LogP contribution in [0.25, 0.3) is 0 Å². The molecule has 0 heterocycles. The van der Waals surface area contributed by atoms with Gasteiger partial charge in [-0.3, -0.25) is 4.99 Å². The van der Waals surface area contributed by atoms with Crippen LogP contribution in [-0.4, -0.2) is 39.2 Å². The van der Waals surface area contributed by atoms with E-state index < -0.39 is 0 Å². The quantitative estimate of drug-likeness (QED) is 0.231. The first-order valence-electron chi connectivity index (χ1n) is 7.17. The van der Waals surface area contributed by atoms with E-state index in [9.17, 15) is 0 Å². The van der Waals surface area contributed by atoms with Crippen molar-refractivity contribution in [2.24, 2.45) is 4.99 Å². The molecule has 5 heteroatoms. The Kier molecular flexibility index (Phi) is 11.8. The molecule has 0 aliphatic carbocycles. The second-order valence-electron chi connectivity index (χ2n) is 4.54. The Labute approximate surface area is 145 Å². The van der Waals surface area contributed by atoms with E-state index in [1.165, 1.54) is 5.69 Å². The molecule has 4 nitrogen and oxygen atoms in total. The molecule has 118 valence electrons. The number of aliphatic imine (C=N–C) groups is 1. The maximum Gasteiger partial charge on any atom is 0.191 e. The SMILES string of the molecule is C=CCNC(=NCCCN(C)c1ccccc1)NCC.I. The molecule has 0 aromatic heterocycles. The second kappa shape index (κ2) is 12.5. The number of benzene rings is 1. The third-order valence-electron chi connectivity index (χ3n) is 2.88. The molecule has 0 bridgehead atoms. The Morgan fingerprint density at radius 1 is 1.29 bits per heavy atom. The average molecular weight is 402 g/mol. The minimum Gasteiger partial charge on any atom is -0.375 e. The van der Waals surface area contributed by atoms with E-state index in [1.54, 1.807) is 0 Å². The van der Waals surface area contributed by atoms with Crippen LogP contribution in [0.3, 0.4) is 0 Å². The van der Waals surface area contributed by atoms with Crippen LogP contribution in [0, 0.1) is 0 Å². The summed E-state index contributed by atoms with van der Waals surface area (Å²) in [7, 11) is 2.11. The molecule has 0 saturated heterocycles. The first kappa shape index (κ1) is 19.8. The van der Waals surface area contributed by atoms with Gasteiger partial charge in [0.1, 0.15) is 0 Å². The summed E-state index contributed by atoms with van der Waals surface area (Å²) in [6.07, 6.45) is 2.85. The molecule has 0 spiro atoms. The first-order valence-corrected chi connectivity index (χ1v) is 7.17. The number of nitrogens with zero attached hydrogens (tertiary/aromatic N) is 2. The van der Waals surface area contributed by atoms with Gasteiger partial charge in [0.05, 0.1) is 0 Å². The summed E-state index contributed by atoms with van der Waals surface area (Å²) in [6.45, 7) is 9.16. The van der Waals surface area contributed by atoms with Crippen molar-refractivity contribution >= 4 is 35.6 Å². The van der Waals surface area contributed by atoms with Gasteiger partial charge in [0.2, 0.25) is 0 Å². The van der Waals surface area contributed by atoms with Crippen LogP contribution in [0.15, 0.2) is 48.0 Å². The van der Waals surface area contributed by atoms with Gasteiger partial charge in [0.15, 0.2) is 5.96 Å². The zero-order chi connectivity index (χ0) is 14.6. The zero-order valence-electron chi connectivity index (χ0n) is 13.0. The maximum atomic E-state index is 4.54. The van der Waals surface area contributed by atoms with Crippen molar-refractivity contribution in [3.8, 4) is 0 Å². The number of halogens is 1. The third kappa shape index (κ3) is 8.60. The topological polar surface area (TPSA) is 39.7 Å². The van der Waals surface area contributed by atoms with Gasteiger partial charge in [-0.15, -0.1) is 30.6 Å². The Morgan fingerprint density at radius 3 is 2.62 bits per heavy atom. The summed E-state index contributed by atoms with van der Waals surface area (Å²) in [5.74, 6) is 0.856. The highest BCUT2D eigenvalue weighted by atomic mass is 127. The van der Waals surface area contributed by atoms with E-state index in [2.05, 4.69) is 65.3 Å². The van der Waals surface area contributed by atoms with E-state index in [-0.39, 0.29) is 24.0 Å². The highest BCUT2D eigenvalue weighted by Gasteiger charge is 1.99. The van der Waals surface area contributed by atoms with Gasteiger partial charge in [-0.1, -0.05) is 24.3 Å². The van der Waals surface area contributed by atoms with E-state index in [0.717, 1.165) is 38.6 Å². The molecule has 21 heavy (non-hydrogen) atoms. The van der Waals surface area contributed by atoms with Gasteiger partial charge in [-0.25, -0.2) is 0 Å². The summed E-state index contributed by atoms with van der Waals surface area (Å²) >= 11 is 0. The molecule has 1 aromatic rings. The molecule has 0 radical (unpaired) electrons. The van der Waals surface area contributed by atoms with Crippen LogP contribution in [0.1, 0.15) is 13.3 Å². The van der Waals surface area contributed by atoms with Crippen molar-refractivity contribution in [3.05, 3.63) is 43.0 Å². The standard InChI is InChI=1S/C16H26N4.HI/c1-4-12-18-16(17-5-2)19-13-9-14-20(3)15-10-7-6-8-11-15;/h4,6-8,10-11H,1,5,9,12-14H2,2-3H3,(H2,17,18,19);1H. The molecule has 2 N–H and O–H groups in total. The number of anilines is 1. The molecule has 0 fully saturated rings. The first-order chi connectivity index (χ1) is 9.77. The van der Waals surface area contributed by atoms with Crippen molar-refractivity contribution in [2.75, 3.05) is 38.1 Å². The number of hydrogen-bond donors (Lipinski definition) is 2. The minimum absolute atomic E-state index is 0. The second-order valence-corrected chi connectivity index (χ2v) is 4.54. The molecular formula is C16H27IN4. The number of rotatable bonds is 8. The number of para-hydroxylation sites is 1.